The molecule has 18 heavy (non-hydrogen) atoms. The fraction of sp³-hybridized carbons (Fsp3) is 0.500. The number of ether oxygens (including phenoxy) is 1. The van der Waals surface area contributed by atoms with Gasteiger partial charge < -0.3 is 15.4 Å². The molecule has 0 aliphatic heterocycles. The van der Waals surface area contributed by atoms with Gasteiger partial charge in [-0.25, -0.2) is 0 Å². The SMILES string of the molecule is CCC(C)N(CCOC)c1cc(C#N)ccc1N. The molecule has 1 unspecified atom stereocenters. The Bertz CT molecular complexity index is 426. The molecule has 2 N–H and O–H groups in total. The van der Waals surface area contributed by atoms with Gasteiger partial charge in [-0.2, -0.15) is 5.26 Å². The summed E-state index contributed by atoms with van der Waals surface area (Å²) < 4.78 is 5.14. The van der Waals surface area contributed by atoms with E-state index < -0.39 is 0 Å². The average Bonchev–Trinajstić information content (AvgIpc) is 2.40. The van der Waals surface area contributed by atoms with Gasteiger partial charge >= 0.3 is 0 Å². The van der Waals surface area contributed by atoms with E-state index in [1.54, 1.807) is 19.2 Å². The highest BCUT2D eigenvalue weighted by atomic mass is 16.5. The molecule has 0 radical (unpaired) electrons. The van der Waals surface area contributed by atoms with Crippen LogP contribution in [0.2, 0.25) is 0 Å². The van der Waals surface area contributed by atoms with Crippen LogP contribution >= 0.6 is 0 Å². The summed E-state index contributed by atoms with van der Waals surface area (Å²) in [5.41, 5.74) is 8.26. The van der Waals surface area contributed by atoms with E-state index in [2.05, 4.69) is 24.8 Å². The van der Waals surface area contributed by atoms with Crippen molar-refractivity contribution in [2.75, 3.05) is 30.9 Å². The third kappa shape index (κ3) is 3.38. The van der Waals surface area contributed by atoms with Crippen LogP contribution in [-0.2, 0) is 4.74 Å². The van der Waals surface area contributed by atoms with E-state index in [0.717, 1.165) is 18.7 Å². The molecule has 0 fully saturated rings. The topological polar surface area (TPSA) is 62.3 Å². The van der Waals surface area contributed by atoms with Crippen molar-refractivity contribution >= 4 is 11.4 Å². The number of nitrogens with zero attached hydrogens (tertiary/aromatic N) is 2. The number of benzene rings is 1. The number of nitriles is 1. The second-order valence-corrected chi connectivity index (χ2v) is 4.33. The highest BCUT2D eigenvalue weighted by Crippen LogP contribution is 2.26. The average molecular weight is 247 g/mol. The monoisotopic (exact) mass is 247 g/mol. The minimum Gasteiger partial charge on any atom is -0.397 e. The highest BCUT2D eigenvalue weighted by molar-refractivity contribution is 5.70. The number of rotatable bonds is 6. The Labute approximate surface area is 109 Å². The van der Waals surface area contributed by atoms with E-state index in [1.807, 2.05) is 6.07 Å². The third-order valence-corrected chi connectivity index (χ3v) is 3.13. The van der Waals surface area contributed by atoms with E-state index in [9.17, 15) is 0 Å². The molecule has 0 spiro atoms. The van der Waals surface area contributed by atoms with Gasteiger partial charge in [-0.3, -0.25) is 0 Å². The van der Waals surface area contributed by atoms with Gasteiger partial charge in [0.15, 0.2) is 0 Å². The van der Waals surface area contributed by atoms with Gasteiger partial charge in [0.05, 0.1) is 29.6 Å². The van der Waals surface area contributed by atoms with Crippen LogP contribution in [0, 0.1) is 11.3 Å². The van der Waals surface area contributed by atoms with Crippen molar-refractivity contribution in [2.24, 2.45) is 0 Å². The Morgan fingerprint density at radius 3 is 2.78 bits per heavy atom. The predicted octanol–water partition coefficient (Wildman–Crippen LogP) is 2.39. The molecule has 1 atom stereocenters. The summed E-state index contributed by atoms with van der Waals surface area (Å²) in [6, 6.07) is 7.88. The Kier molecular flexibility index (Phi) is 5.47. The van der Waals surface area contributed by atoms with Crippen molar-refractivity contribution in [2.45, 2.75) is 26.3 Å². The number of methoxy groups -OCH3 is 1. The molecule has 1 aromatic rings. The summed E-state index contributed by atoms with van der Waals surface area (Å²) >= 11 is 0. The van der Waals surface area contributed by atoms with Crippen molar-refractivity contribution in [1.29, 1.82) is 5.26 Å². The first-order chi connectivity index (χ1) is 8.63. The van der Waals surface area contributed by atoms with Crippen molar-refractivity contribution in [1.82, 2.24) is 0 Å². The Morgan fingerprint density at radius 1 is 1.50 bits per heavy atom. The smallest absolute Gasteiger partial charge is 0.0992 e. The molecular weight excluding hydrogens is 226 g/mol. The summed E-state index contributed by atoms with van der Waals surface area (Å²) in [6.07, 6.45) is 1.01. The highest BCUT2D eigenvalue weighted by Gasteiger charge is 2.15. The maximum Gasteiger partial charge on any atom is 0.0992 e. The normalized spacial score (nSPS) is 11.9. The number of hydrogen-bond acceptors (Lipinski definition) is 4. The van der Waals surface area contributed by atoms with Gasteiger partial charge in [0, 0.05) is 19.7 Å². The molecule has 0 saturated carbocycles. The summed E-state index contributed by atoms with van der Waals surface area (Å²) in [6.45, 7) is 5.69. The lowest BCUT2D eigenvalue weighted by Crippen LogP contribution is -2.36. The van der Waals surface area contributed by atoms with E-state index in [-0.39, 0.29) is 0 Å². The first kappa shape index (κ1) is 14.3. The largest absolute Gasteiger partial charge is 0.397 e. The molecule has 0 aliphatic rings. The minimum absolute atomic E-state index is 0.358. The van der Waals surface area contributed by atoms with Crippen LogP contribution in [0.1, 0.15) is 25.8 Å². The van der Waals surface area contributed by atoms with Gasteiger partial charge in [-0.05, 0) is 31.5 Å². The van der Waals surface area contributed by atoms with Crippen LogP contribution < -0.4 is 10.6 Å². The Balaban J connectivity index is 3.07. The maximum absolute atomic E-state index is 8.97. The predicted molar refractivity (Wildman–Crippen MR) is 74.5 cm³/mol. The van der Waals surface area contributed by atoms with Crippen LogP contribution in [0.5, 0.6) is 0 Å². The van der Waals surface area contributed by atoms with Crippen LogP contribution in [0.25, 0.3) is 0 Å². The van der Waals surface area contributed by atoms with Crippen LogP contribution in [-0.4, -0.2) is 26.3 Å². The standard InChI is InChI=1S/C14H21N3O/c1-4-11(2)17(7-8-18-3)14-9-12(10-15)5-6-13(14)16/h5-6,9,11H,4,7-8,16H2,1-3H3. The third-order valence-electron chi connectivity index (χ3n) is 3.13. The minimum atomic E-state index is 0.358. The zero-order valence-corrected chi connectivity index (χ0v) is 11.3. The molecule has 0 aliphatic carbocycles. The van der Waals surface area contributed by atoms with E-state index in [0.29, 0.717) is 23.9 Å². The fourth-order valence-electron chi connectivity index (χ4n) is 1.85. The number of nitrogens with two attached hydrogens (primary N) is 1. The zero-order chi connectivity index (χ0) is 13.5. The first-order valence-electron chi connectivity index (χ1n) is 6.19. The fourth-order valence-corrected chi connectivity index (χ4v) is 1.85. The molecule has 0 bridgehead atoms. The van der Waals surface area contributed by atoms with Crippen molar-refractivity contribution in [3.63, 3.8) is 0 Å². The number of hydrogen-bond donors (Lipinski definition) is 1. The Morgan fingerprint density at radius 2 is 2.22 bits per heavy atom. The van der Waals surface area contributed by atoms with Crippen molar-refractivity contribution in [3.05, 3.63) is 23.8 Å². The molecule has 0 heterocycles. The van der Waals surface area contributed by atoms with Crippen molar-refractivity contribution in [3.8, 4) is 6.07 Å². The van der Waals surface area contributed by atoms with Crippen LogP contribution in [0.3, 0.4) is 0 Å². The zero-order valence-electron chi connectivity index (χ0n) is 11.3. The van der Waals surface area contributed by atoms with Gasteiger partial charge in [0.1, 0.15) is 0 Å². The number of anilines is 2. The van der Waals surface area contributed by atoms with Gasteiger partial charge in [0.25, 0.3) is 0 Å². The first-order valence-corrected chi connectivity index (χ1v) is 6.19. The van der Waals surface area contributed by atoms with E-state index in [4.69, 9.17) is 15.7 Å². The maximum atomic E-state index is 8.97. The van der Waals surface area contributed by atoms with Crippen molar-refractivity contribution < 1.29 is 4.74 Å². The molecule has 0 aromatic heterocycles. The molecule has 0 saturated heterocycles. The number of nitrogen functional groups attached to an aromatic ring is 1. The second-order valence-electron chi connectivity index (χ2n) is 4.33. The molecule has 4 nitrogen and oxygen atoms in total. The lowest BCUT2D eigenvalue weighted by atomic mass is 10.1. The summed E-state index contributed by atoms with van der Waals surface area (Å²) in [4.78, 5) is 2.19. The molecule has 98 valence electrons. The van der Waals surface area contributed by atoms with Gasteiger partial charge in [-0.15, -0.1) is 0 Å². The molecular formula is C14H21N3O. The lowest BCUT2D eigenvalue weighted by molar-refractivity contribution is 0.203. The van der Waals surface area contributed by atoms with Gasteiger partial charge in [-0.1, -0.05) is 6.92 Å². The summed E-state index contributed by atoms with van der Waals surface area (Å²) in [7, 11) is 1.68. The van der Waals surface area contributed by atoms with Gasteiger partial charge in [0.2, 0.25) is 0 Å². The summed E-state index contributed by atoms with van der Waals surface area (Å²) in [5.74, 6) is 0. The quantitative estimate of drug-likeness (QED) is 0.784. The van der Waals surface area contributed by atoms with Crippen LogP contribution in [0.15, 0.2) is 18.2 Å². The molecule has 4 heteroatoms. The second kappa shape index (κ2) is 6.87. The van der Waals surface area contributed by atoms with E-state index in [1.165, 1.54) is 0 Å². The molecule has 1 aromatic carbocycles. The molecule has 1 rings (SSSR count). The Hall–Kier alpha value is -1.73. The lowest BCUT2D eigenvalue weighted by Gasteiger charge is -2.31. The molecule has 0 amide bonds. The van der Waals surface area contributed by atoms with Crippen LogP contribution in [0.4, 0.5) is 11.4 Å². The van der Waals surface area contributed by atoms with E-state index >= 15 is 0 Å². The summed E-state index contributed by atoms with van der Waals surface area (Å²) in [5, 5.41) is 8.97.